The fourth-order valence-electron chi connectivity index (χ4n) is 1.84. The summed E-state index contributed by atoms with van der Waals surface area (Å²) in [6, 6.07) is 4.21. The van der Waals surface area contributed by atoms with Gasteiger partial charge in [0.25, 0.3) is 11.6 Å². The predicted octanol–water partition coefficient (Wildman–Crippen LogP) is 1.70. The Morgan fingerprint density at radius 3 is 2.45 bits per heavy atom. The average molecular weight is 280 g/mol. The van der Waals surface area contributed by atoms with Crippen molar-refractivity contribution < 1.29 is 19.6 Å². The van der Waals surface area contributed by atoms with Crippen LogP contribution in [-0.4, -0.2) is 39.9 Å². The number of carboxylic acid groups (broad SMARTS) is 1. The van der Waals surface area contributed by atoms with Crippen LogP contribution in [0.25, 0.3) is 0 Å². The van der Waals surface area contributed by atoms with Crippen molar-refractivity contribution >= 4 is 17.6 Å². The van der Waals surface area contributed by atoms with E-state index in [0.717, 1.165) is 4.90 Å². The molecule has 1 N–H and O–H groups in total. The van der Waals surface area contributed by atoms with E-state index in [1.807, 2.05) is 0 Å². The monoisotopic (exact) mass is 280 g/mol. The highest BCUT2D eigenvalue weighted by molar-refractivity contribution is 5.96. The largest absolute Gasteiger partial charge is 0.480 e. The van der Waals surface area contributed by atoms with Crippen molar-refractivity contribution in [3.63, 3.8) is 0 Å². The van der Waals surface area contributed by atoms with Crippen LogP contribution >= 0.6 is 0 Å². The van der Waals surface area contributed by atoms with Gasteiger partial charge < -0.3 is 10.0 Å². The van der Waals surface area contributed by atoms with E-state index in [2.05, 4.69) is 0 Å². The lowest BCUT2D eigenvalue weighted by Crippen LogP contribution is -2.35. The molecule has 0 saturated carbocycles. The van der Waals surface area contributed by atoms with E-state index < -0.39 is 23.3 Å². The third-order valence-electron chi connectivity index (χ3n) is 2.90. The number of hydrogen-bond acceptors (Lipinski definition) is 4. The van der Waals surface area contributed by atoms with Gasteiger partial charge in [-0.2, -0.15) is 0 Å². The first-order valence-electron chi connectivity index (χ1n) is 6.19. The third kappa shape index (κ3) is 3.53. The molecule has 1 aromatic rings. The Labute approximate surface area is 116 Å². The Kier molecular flexibility index (Phi) is 5.19. The van der Waals surface area contributed by atoms with Crippen LogP contribution in [0, 0.1) is 10.1 Å². The number of carbonyl (C=O) groups is 2. The van der Waals surface area contributed by atoms with E-state index in [4.69, 9.17) is 5.11 Å². The Balaban J connectivity index is 3.12. The molecule has 7 heteroatoms. The van der Waals surface area contributed by atoms with Crippen molar-refractivity contribution in [1.82, 2.24) is 4.90 Å². The van der Waals surface area contributed by atoms with Crippen molar-refractivity contribution in [2.24, 2.45) is 0 Å². The number of amides is 1. The Bertz CT molecular complexity index is 542. The molecule has 0 aliphatic carbocycles. The number of aryl methyl sites for hydroxylation is 1. The Morgan fingerprint density at radius 1 is 1.35 bits per heavy atom. The van der Waals surface area contributed by atoms with E-state index in [1.54, 1.807) is 13.8 Å². The molecule has 0 bridgehead atoms. The van der Waals surface area contributed by atoms with Crippen LogP contribution in [0.4, 0.5) is 5.69 Å². The minimum atomic E-state index is -1.13. The summed E-state index contributed by atoms with van der Waals surface area (Å²) in [6.45, 7) is 3.22. The lowest BCUT2D eigenvalue weighted by molar-refractivity contribution is -0.385. The summed E-state index contributed by atoms with van der Waals surface area (Å²) in [4.78, 5) is 34.3. The van der Waals surface area contributed by atoms with Gasteiger partial charge in [-0.15, -0.1) is 0 Å². The molecule has 0 radical (unpaired) electrons. The van der Waals surface area contributed by atoms with Crippen LogP contribution in [0.3, 0.4) is 0 Å². The maximum atomic E-state index is 12.1. The van der Waals surface area contributed by atoms with Crippen molar-refractivity contribution in [2.45, 2.75) is 20.3 Å². The molecule has 0 aromatic heterocycles. The number of rotatable bonds is 6. The highest BCUT2D eigenvalue weighted by atomic mass is 16.6. The zero-order chi connectivity index (χ0) is 15.3. The molecule has 0 spiro atoms. The van der Waals surface area contributed by atoms with Crippen LogP contribution in [0.5, 0.6) is 0 Å². The van der Waals surface area contributed by atoms with Gasteiger partial charge in [0, 0.05) is 23.7 Å². The van der Waals surface area contributed by atoms with E-state index in [9.17, 15) is 19.7 Å². The molecule has 1 amide bonds. The fraction of sp³-hybridized carbons (Fsp3) is 0.385. The molecule has 0 heterocycles. The van der Waals surface area contributed by atoms with E-state index >= 15 is 0 Å². The molecule has 1 aromatic carbocycles. The number of carboxylic acids is 1. The first kappa shape index (κ1) is 15.6. The number of likely N-dealkylation sites (N-methyl/N-ethyl adjacent to an activating group) is 1. The molecule has 20 heavy (non-hydrogen) atoms. The fourth-order valence-corrected chi connectivity index (χ4v) is 1.84. The number of benzene rings is 1. The molecule has 0 aliphatic heterocycles. The van der Waals surface area contributed by atoms with Gasteiger partial charge in [0.1, 0.15) is 6.54 Å². The van der Waals surface area contributed by atoms with Gasteiger partial charge in [-0.1, -0.05) is 13.0 Å². The topological polar surface area (TPSA) is 101 Å². The Hall–Kier alpha value is -2.44. The first-order chi connectivity index (χ1) is 9.40. The van der Waals surface area contributed by atoms with E-state index in [1.165, 1.54) is 18.2 Å². The number of carbonyl (C=O) groups excluding carboxylic acids is 1. The second-order valence-corrected chi connectivity index (χ2v) is 4.17. The summed E-state index contributed by atoms with van der Waals surface area (Å²) in [7, 11) is 0. The smallest absolute Gasteiger partial charge is 0.323 e. The van der Waals surface area contributed by atoms with Gasteiger partial charge in [-0.05, 0) is 19.4 Å². The molecule has 7 nitrogen and oxygen atoms in total. The molecular weight excluding hydrogens is 264 g/mol. The van der Waals surface area contributed by atoms with Crippen LogP contribution in [0.15, 0.2) is 18.2 Å². The molecular formula is C13H16N2O5. The molecule has 0 fully saturated rings. The highest BCUT2D eigenvalue weighted by Gasteiger charge is 2.21. The van der Waals surface area contributed by atoms with Crippen LogP contribution in [0.1, 0.15) is 29.8 Å². The minimum Gasteiger partial charge on any atom is -0.480 e. The van der Waals surface area contributed by atoms with Gasteiger partial charge in [0.05, 0.1) is 4.92 Å². The predicted molar refractivity (Wildman–Crippen MR) is 71.7 cm³/mol. The maximum Gasteiger partial charge on any atom is 0.323 e. The number of nitro benzene ring substituents is 1. The first-order valence-corrected chi connectivity index (χ1v) is 6.19. The summed E-state index contributed by atoms with van der Waals surface area (Å²) < 4.78 is 0. The van der Waals surface area contributed by atoms with Gasteiger partial charge in [0.15, 0.2) is 0 Å². The quantitative estimate of drug-likeness (QED) is 0.631. The number of aliphatic carboxylic acids is 1. The number of nitro groups is 1. The SMILES string of the molecule is CCc1ccc(C(=O)N(CC)CC(=O)O)cc1[N+](=O)[O-]. The van der Waals surface area contributed by atoms with Gasteiger partial charge >= 0.3 is 5.97 Å². The summed E-state index contributed by atoms with van der Waals surface area (Å²) in [5.74, 6) is -1.65. The molecule has 0 unspecified atom stereocenters. The lowest BCUT2D eigenvalue weighted by Gasteiger charge is -2.18. The van der Waals surface area contributed by atoms with Crippen molar-refractivity contribution in [1.29, 1.82) is 0 Å². The summed E-state index contributed by atoms with van der Waals surface area (Å²) in [5, 5.41) is 19.7. The second kappa shape index (κ2) is 6.65. The minimum absolute atomic E-state index is 0.121. The van der Waals surface area contributed by atoms with Gasteiger partial charge in [-0.25, -0.2) is 0 Å². The second-order valence-electron chi connectivity index (χ2n) is 4.17. The summed E-state index contributed by atoms with van der Waals surface area (Å²) in [5.41, 5.74) is 0.537. The molecule has 0 atom stereocenters. The average Bonchev–Trinajstić information content (AvgIpc) is 2.42. The summed E-state index contributed by atoms with van der Waals surface area (Å²) >= 11 is 0. The number of hydrogen-bond donors (Lipinski definition) is 1. The standard InChI is InChI=1S/C13H16N2O5/c1-3-9-5-6-10(7-11(9)15(19)20)13(18)14(4-2)8-12(16)17/h5-7H,3-4,8H2,1-2H3,(H,16,17). The maximum absolute atomic E-state index is 12.1. The summed E-state index contributed by atoms with van der Waals surface area (Å²) in [6.07, 6.45) is 0.484. The zero-order valence-electron chi connectivity index (χ0n) is 11.3. The molecule has 0 saturated heterocycles. The lowest BCUT2D eigenvalue weighted by atomic mass is 10.1. The van der Waals surface area contributed by atoms with Crippen LogP contribution in [-0.2, 0) is 11.2 Å². The molecule has 0 aliphatic rings. The van der Waals surface area contributed by atoms with E-state index in [0.29, 0.717) is 12.0 Å². The molecule has 108 valence electrons. The molecule has 1 rings (SSSR count). The van der Waals surface area contributed by atoms with Crippen LogP contribution in [0.2, 0.25) is 0 Å². The van der Waals surface area contributed by atoms with E-state index in [-0.39, 0.29) is 17.8 Å². The third-order valence-corrected chi connectivity index (χ3v) is 2.90. The van der Waals surface area contributed by atoms with Crippen molar-refractivity contribution in [3.05, 3.63) is 39.4 Å². The Morgan fingerprint density at radius 2 is 2.00 bits per heavy atom. The van der Waals surface area contributed by atoms with Gasteiger partial charge in [0.2, 0.25) is 0 Å². The van der Waals surface area contributed by atoms with Crippen molar-refractivity contribution in [2.75, 3.05) is 13.1 Å². The highest BCUT2D eigenvalue weighted by Crippen LogP contribution is 2.21. The normalized spacial score (nSPS) is 10.1. The van der Waals surface area contributed by atoms with Crippen molar-refractivity contribution in [3.8, 4) is 0 Å². The number of nitrogens with zero attached hydrogens (tertiary/aromatic N) is 2. The zero-order valence-corrected chi connectivity index (χ0v) is 11.3. The van der Waals surface area contributed by atoms with Crippen LogP contribution < -0.4 is 0 Å². The van der Waals surface area contributed by atoms with Gasteiger partial charge in [-0.3, -0.25) is 19.7 Å².